The van der Waals surface area contributed by atoms with Crippen molar-refractivity contribution in [2.24, 2.45) is 0 Å². The molecule has 0 aliphatic carbocycles. The fraction of sp³-hybridized carbons (Fsp3) is 0.200. The highest BCUT2D eigenvalue weighted by Crippen LogP contribution is 2.19. The van der Waals surface area contributed by atoms with Crippen molar-refractivity contribution in [3.8, 4) is 23.7 Å². The molecule has 0 spiro atoms. The van der Waals surface area contributed by atoms with Crippen molar-refractivity contribution in [2.75, 3.05) is 0 Å². The van der Waals surface area contributed by atoms with Crippen LogP contribution in [0.3, 0.4) is 0 Å². The molecule has 0 atom stereocenters. The van der Waals surface area contributed by atoms with Crippen molar-refractivity contribution in [3.05, 3.63) is 64.8 Å². The average Bonchev–Trinajstić information content (AvgIpc) is 2.38. The lowest BCUT2D eigenvalue weighted by atomic mass is 10.1. The van der Waals surface area contributed by atoms with E-state index >= 15 is 0 Å². The second-order valence-corrected chi connectivity index (χ2v) is 7.70. The summed E-state index contributed by atoms with van der Waals surface area (Å²) >= 11 is 4.67. The van der Waals surface area contributed by atoms with Crippen molar-refractivity contribution in [2.45, 2.75) is 27.7 Å². The SMILES string of the molecule is Cc1cc(C)c(C#CC#Cc2c(C)cc(C)cc2I)c(I)c1. The van der Waals surface area contributed by atoms with Crippen LogP contribution in [0.25, 0.3) is 0 Å². The molecule has 0 aliphatic rings. The maximum Gasteiger partial charge on any atom is 0.0418 e. The molecule has 0 aromatic heterocycles. The fourth-order valence-electron chi connectivity index (χ4n) is 2.34. The van der Waals surface area contributed by atoms with Crippen LogP contribution < -0.4 is 0 Å². The van der Waals surface area contributed by atoms with Gasteiger partial charge in [0.05, 0.1) is 0 Å². The van der Waals surface area contributed by atoms with Crippen LogP contribution in [0.5, 0.6) is 0 Å². The van der Waals surface area contributed by atoms with E-state index in [0.29, 0.717) is 0 Å². The molecule has 0 unspecified atom stereocenters. The Morgan fingerprint density at radius 2 is 1.00 bits per heavy atom. The topological polar surface area (TPSA) is 0 Å². The third-order valence-corrected chi connectivity index (χ3v) is 5.00. The number of hydrogen-bond donors (Lipinski definition) is 0. The summed E-state index contributed by atoms with van der Waals surface area (Å²) in [5, 5.41) is 0. The molecule has 0 radical (unpaired) electrons. The lowest BCUT2D eigenvalue weighted by molar-refractivity contribution is 1.34. The van der Waals surface area contributed by atoms with Gasteiger partial charge in [0.2, 0.25) is 0 Å². The molecule has 0 saturated carbocycles. The van der Waals surface area contributed by atoms with Crippen LogP contribution in [0.1, 0.15) is 33.4 Å². The van der Waals surface area contributed by atoms with Crippen molar-refractivity contribution < 1.29 is 0 Å². The average molecular weight is 510 g/mol. The van der Waals surface area contributed by atoms with Crippen LogP contribution in [0.4, 0.5) is 0 Å². The Labute approximate surface area is 160 Å². The number of rotatable bonds is 0. The molecular formula is C20H16I2. The molecule has 0 aliphatic heterocycles. The van der Waals surface area contributed by atoms with Crippen LogP contribution in [0.2, 0.25) is 0 Å². The first-order valence-corrected chi connectivity index (χ1v) is 9.09. The standard InChI is InChI=1S/C20H16I2/c1-13-9-15(3)17(19(21)11-13)7-5-6-8-18-16(4)10-14(2)12-20(18)22/h9-12H,1-4H3. The fourth-order valence-corrected chi connectivity index (χ4v) is 4.44. The van der Waals surface area contributed by atoms with E-state index in [1.807, 2.05) is 0 Å². The van der Waals surface area contributed by atoms with Gasteiger partial charge in [-0.1, -0.05) is 24.0 Å². The van der Waals surface area contributed by atoms with Crippen molar-refractivity contribution in [1.29, 1.82) is 0 Å². The Kier molecular flexibility index (Phi) is 5.94. The van der Waals surface area contributed by atoms with Gasteiger partial charge < -0.3 is 0 Å². The maximum absolute atomic E-state index is 3.20. The monoisotopic (exact) mass is 510 g/mol. The minimum Gasteiger partial charge on any atom is -0.0551 e. The molecule has 2 rings (SSSR count). The van der Waals surface area contributed by atoms with Crippen molar-refractivity contribution in [3.63, 3.8) is 0 Å². The van der Waals surface area contributed by atoms with Gasteiger partial charge in [-0.15, -0.1) is 0 Å². The van der Waals surface area contributed by atoms with E-state index in [1.165, 1.54) is 29.4 Å². The Morgan fingerprint density at radius 3 is 1.32 bits per heavy atom. The Bertz CT molecular complexity index is 733. The van der Waals surface area contributed by atoms with Crippen LogP contribution in [0.15, 0.2) is 24.3 Å². The van der Waals surface area contributed by atoms with Gasteiger partial charge in [0.1, 0.15) is 0 Å². The zero-order chi connectivity index (χ0) is 16.3. The summed E-state index contributed by atoms with van der Waals surface area (Å²) in [5.74, 6) is 12.4. The van der Waals surface area contributed by atoms with Crippen LogP contribution >= 0.6 is 45.2 Å². The molecule has 22 heavy (non-hydrogen) atoms. The Morgan fingerprint density at radius 1 is 0.636 bits per heavy atom. The maximum atomic E-state index is 3.20. The van der Waals surface area contributed by atoms with E-state index < -0.39 is 0 Å². The first kappa shape index (κ1) is 17.4. The summed E-state index contributed by atoms with van der Waals surface area (Å²) < 4.78 is 2.37. The largest absolute Gasteiger partial charge is 0.0551 e. The minimum absolute atomic E-state index is 1.08. The molecule has 0 bridgehead atoms. The van der Waals surface area contributed by atoms with E-state index in [1.54, 1.807) is 0 Å². The highest BCUT2D eigenvalue weighted by Gasteiger charge is 2.02. The third-order valence-electron chi connectivity index (χ3n) is 3.30. The van der Waals surface area contributed by atoms with Gasteiger partial charge in [0, 0.05) is 18.3 Å². The van der Waals surface area contributed by atoms with Gasteiger partial charge in [-0.2, -0.15) is 0 Å². The van der Waals surface area contributed by atoms with Gasteiger partial charge in [0.25, 0.3) is 0 Å². The van der Waals surface area contributed by atoms with E-state index in [4.69, 9.17) is 0 Å². The van der Waals surface area contributed by atoms with E-state index in [9.17, 15) is 0 Å². The zero-order valence-corrected chi connectivity index (χ0v) is 17.4. The lowest BCUT2D eigenvalue weighted by Crippen LogP contribution is -1.90. The molecule has 0 amide bonds. The summed E-state index contributed by atoms with van der Waals surface area (Å²) in [7, 11) is 0. The van der Waals surface area contributed by atoms with E-state index in [2.05, 4.69) is 121 Å². The van der Waals surface area contributed by atoms with Gasteiger partial charge in [-0.3, -0.25) is 0 Å². The number of hydrogen-bond acceptors (Lipinski definition) is 0. The summed E-state index contributed by atoms with van der Waals surface area (Å²) in [5.41, 5.74) is 7.11. The minimum atomic E-state index is 1.08. The van der Waals surface area contributed by atoms with Crippen molar-refractivity contribution in [1.82, 2.24) is 0 Å². The summed E-state index contributed by atoms with van der Waals surface area (Å²) in [4.78, 5) is 0. The quantitative estimate of drug-likeness (QED) is 0.323. The Balaban J connectivity index is 2.35. The smallest absolute Gasteiger partial charge is 0.0418 e. The molecule has 2 heteroatoms. The molecule has 0 heterocycles. The van der Waals surface area contributed by atoms with Gasteiger partial charge >= 0.3 is 0 Å². The molecule has 0 saturated heterocycles. The Hall–Kier alpha value is -0.980. The number of halogens is 2. The second kappa shape index (κ2) is 7.53. The number of aryl methyl sites for hydroxylation is 4. The third kappa shape index (κ3) is 4.27. The molecule has 110 valence electrons. The molecule has 0 N–H and O–H groups in total. The number of benzene rings is 2. The first-order chi connectivity index (χ1) is 10.4. The normalized spacial score (nSPS) is 9.55. The second-order valence-electron chi connectivity index (χ2n) is 5.38. The zero-order valence-electron chi connectivity index (χ0n) is 13.1. The van der Waals surface area contributed by atoms with Crippen LogP contribution in [-0.4, -0.2) is 0 Å². The predicted octanol–water partition coefficient (Wildman–Crippen LogP) is 5.53. The van der Waals surface area contributed by atoms with Gasteiger partial charge in [-0.05, 0) is 119 Å². The van der Waals surface area contributed by atoms with Crippen LogP contribution in [-0.2, 0) is 0 Å². The summed E-state index contributed by atoms with van der Waals surface area (Å²) in [6.45, 7) is 8.40. The molecule has 2 aromatic carbocycles. The molecular weight excluding hydrogens is 494 g/mol. The molecule has 2 aromatic rings. The molecule has 0 fully saturated rings. The van der Waals surface area contributed by atoms with Crippen molar-refractivity contribution >= 4 is 45.2 Å². The van der Waals surface area contributed by atoms with E-state index in [-0.39, 0.29) is 0 Å². The highest BCUT2D eigenvalue weighted by molar-refractivity contribution is 14.1. The summed E-state index contributed by atoms with van der Waals surface area (Å²) in [6.07, 6.45) is 0. The highest BCUT2D eigenvalue weighted by atomic mass is 127. The van der Waals surface area contributed by atoms with E-state index in [0.717, 1.165) is 11.1 Å². The van der Waals surface area contributed by atoms with Crippen LogP contribution in [0, 0.1) is 58.5 Å². The first-order valence-electron chi connectivity index (χ1n) is 6.94. The van der Waals surface area contributed by atoms with Gasteiger partial charge in [0.15, 0.2) is 0 Å². The molecule has 0 nitrogen and oxygen atoms in total. The lowest BCUT2D eigenvalue weighted by Gasteiger charge is -2.03. The van der Waals surface area contributed by atoms with Gasteiger partial charge in [-0.25, -0.2) is 0 Å². The predicted molar refractivity (Wildman–Crippen MR) is 111 cm³/mol. The summed E-state index contributed by atoms with van der Waals surface area (Å²) in [6, 6.07) is 8.62.